The fourth-order valence-corrected chi connectivity index (χ4v) is 4.89. The molecule has 2 rings (SSSR count). The molecule has 0 bridgehead atoms. The van der Waals surface area contributed by atoms with Crippen molar-refractivity contribution in [2.24, 2.45) is 29.1 Å². The number of ether oxygens (including phenoxy) is 1. The van der Waals surface area contributed by atoms with Crippen molar-refractivity contribution in [3.8, 4) is 0 Å². The molecule has 0 spiro atoms. The number of allylic oxidation sites excluding steroid dienone is 3. The summed E-state index contributed by atoms with van der Waals surface area (Å²) in [6, 6.07) is 0. The number of esters is 1. The van der Waals surface area contributed by atoms with Crippen molar-refractivity contribution in [3.63, 3.8) is 0 Å². The molecule has 0 amide bonds. The van der Waals surface area contributed by atoms with Crippen LogP contribution in [0.15, 0.2) is 23.8 Å². The van der Waals surface area contributed by atoms with Crippen molar-refractivity contribution in [2.75, 3.05) is 0 Å². The van der Waals surface area contributed by atoms with Crippen molar-refractivity contribution >= 4 is 11.8 Å². The first kappa shape index (κ1) is 25.8. The second-order valence-electron chi connectivity index (χ2n) is 10.5. The van der Waals surface area contributed by atoms with Gasteiger partial charge in [0.2, 0.25) is 0 Å². The highest BCUT2D eigenvalue weighted by Gasteiger charge is 2.42. The van der Waals surface area contributed by atoms with E-state index in [1.807, 2.05) is 20.8 Å². The Morgan fingerprint density at radius 1 is 1.23 bits per heavy atom. The predicted octanol–water partition coefficient (Wildman–Crippen LogP) is 4.61. The highest BCUT2D eigenvalue weighted by molar-refractivity contribution is 5.76. The van der Waals surface area contributed by atoms with Crippen LogP contribution in [-0.2, 0) is 14.3 Å². The van der Waals surface area contributed by atoms with E-state index >= 15 is 0 Å². The molecule has 0 heterocycles. The van der Waals surface area contributed by atoms with Crippen LogP contribution in [0.3, 0.4) is 0 Å². The average Bonchev–Trinajstić information content (AvgIpc) is 2.66. The SMILES string of the molecule is CCC(C)(C)C(=O)O[C@H]1C[C@@H](C)C=C2C=C[C@H](C)[C@H](CC[C@@H](O)C[C@@H](O)CC(C)=O)[C@H]21. The molecule has 2 aliphatic carbocycles. The van der Waals surface area contributed by atoms with E-state index in [0.29, 0.717) is 18.3 Å². The molecule has 0 radical (unpaired) electrons. The molecule has 5 heteroatoms. The van der Waals surface area contributed by atoms with Gasteiger partial charge < -0.3 is 14.9 Å². The number of aliphatic hydroxyl groups is 2. The van der Waals surface area contributed by atoms with Crippen LogP contribution in [0.2, 0.25) is 0 Å². The molecule has 0 saturated carbocycles. The fourth-order valence-electron chi connectivity index (χ4n) is 4.89. The lowest BCUT2D eigenvalue weighted by Crippen LogP contribution is -2.43. The van der Waals surface area contributed by atoms with Crippen LogP contribution >= 0.6 is 0 Å². The fraction of sp³-hybridized carbons (Fsp3) is 0.769. The summed E-state index contributed by atoms with van der Waals surface area (Å²) < 4.78 is 6.13. The Balaban J connectivity index is 2.12. The zero-order valence-electron chi connectivity index (χ0n) is 20.1. The second-order valence-corrected chi connectivity index (χ2v) is 10.5. The quantitative estimate of drug-likeness (QED) is 0.491. The molecule has 0 aliphatic heterocycles. The van der Waals surface area contributed by atoms with Gasteiger partial charge in [-0.3, -0.25) is 9.59 Å². The maximum Gasteiger partial charge on any atom is 0.311 e. The van der Waals surface area contributed by atoms with E-state index in [9.17, 15) is 19.8 Å². The lowest BCUT2D eigenvalue weighted by molar-refractivity contribution is -0.164. The van der Waals surface area contributed by atoms with E-state index < -0.39 is 17.6 Å². The number of hydrogen-bond donors (Lipinski definition) is 2. The zero-order chi connectivity index (χ0) is 23.3. The smallest absolute Gasteiger partial charge is 0.311 e. The van der Waals surface area contributed by atoms with E-state index in [1.165, 1.54) is 12.5 Å². The van der Waals surface area contributed by atoms with Gasteiger partial charge in [0.1, 0.15) is 11.9 Å². The molecule has 2 aliphatic rings. The molecule has 0 saturated heterocycles. The highest BCUT2D eigenvalue weighted by Crippen LogP contribution is 2.45. The minimum absolute atomic E-state index is 0.0727. The first-order valence-corrected chi connectivity index (χ1v) is 11.9. The molecule has 0 aromatic heterocycles. The van der Waals surface area contributed by atoms with E-state index in [0.717, 1.165) is 19.3 Å². The summed E-state index contributed by atoms with van der Waals surface area (Å²) in [7, 11) is 0. The van der Waals surface area contributed by atoms with Gasteiger partial charge in [-0.05, 0) is 76.2 Å². The van der Waals surface area contributed by atoms with Crippen LogP contribution in [0.5, 0.6) is 0 Å². The third-order valence-corrected chi connectivity index (χ3v) is 7.19. The number of hydrogen-bond acceptors (Lipinski definition) is 5. The van der Waals surface area contributed by atoms with Crippen molar-refractivity contribution in [3.05, 3.63) is 23.8 Å². The van der Waals surface area contributed by atoms with Gasteiger partial charge in [0.05, 0.1) is 17.6 Å². The number of fused-ring (bicyclic) bond motifs is 1. The molecule has 7 atom stereocenters. The normalized spacial score (nSPS) is 30.2. The molecule has 176 valence electrons. The second kappa shape index (κ2) is 10.9. The summed E-state index contributed by atoms with van der Waals surface area (Å²) in [5.41, 5.74) is 0.735. The maximum atomic E-state index is 12.9. The third-order valence-electron chi connectivity index (χ3n) is 7.19. The first-order chi connectivity index (χ1) is 14.4. The molecule has 0 aromatic carbocycles. The largest absolute Gasteiger partial charge is 0.461 e. The number of rotatable bonds is 10. The van der Waals surface area contributed by atoms with Crippen molar-refractivity contribution in [1.29, 1.82) is 0 Å². The number of aliphatic hydroxyl groups excluding tert-OH is 2. The van der Waals surface area contributed by atoms with Crippen molar-refractivity contribution in [1.82, 2.24) is 0 Å². The summed E-state index contributed by atoms with van der Waals surface area (Å²) in [6.07, 6.45) is 8.26. The third kappa shape index (κ3) is 7.01. The summed E-state index contributed by atoms with van der Waals surface area (Å²) in [4.78, 5) is 24.0. The van der Waals surface area contributed by atoms with Crippen LogP contribution in [0.4, 0.5) is 0 Å². The number of Topliss-reactive ketones (excluding diaryl/α,β-unsaturated/α-hetero) is 1. The van der Waals surface area contributed by atoms with Crippen LogP contribution in [0.1, 0.15) is 80.1 Å². The van der Waals surface area contributed by atoms with E-state index in [4.69, 9.17) is 4.74 Å². The average molecular weight is 435 g/mol. The highest BCUT2D eigenvalue weighted by atomic mass is 16.5. The Morgan fingerprint density at radius 3 is 2.52 bits per heavy atom. The zero-order valence-corrected chi connectivity index (χ0v) is 20.1. The van der Waals surface area contributed by atoms with Crippen molar-refractivity contribution < 1.29 is 24.5 Å². The van der Waals surface area contributed by atoms with Gasteiger partial charge in [0.15, 0.2) is 0 Å². The molecule has 0 fully saturated rings. The van der Waals surface area contributed by atoms with Gasteiger partial charge in [0.25, 0.3) is 0 Å². The number of carbonyl (C=O) groups excluding carboxylic acids is 2. The Morgan fingerprint density at radius 2 is 1.90 bits per heavy atom. The lowest BCUT2D eigenvalue weighted by Gasteiger charge is -2.44. The maximum absolute atomic E-state index is 12.9. The van der Waals surface area contributed by atoms with Crippen molar-refractivity contribution in [2.45, 2.75) is 98.4 Å². The van der Waals surface area contributed by atoms with E-state index in [1.54, 1.807) is 0 Å². The minimum atomic E-state index is -0.799. The number of carbonyl (C=O) groups is 2. The van der Waals surface area contributed by atoms with Gasteiger partial charge >= 0.3 is 5.97 Å². The van der Waals surface area contributed by atoms with Crippen LogP contribution < -0.4 is 0 Å². The van der Waals surface area contributed by atoms with Gasteiger partial charge in [-0.15, -0.1) is 0 Å². The van der Waals surface area contributed by atoms with Gasteiger partial charge in [0, 0.05) is 12.3 Å². The van der Waals surface area contributed by atoms with Crippen LogP contribution in [0.25, 0.3) is 0 Å². The summed E-state index contributed by atoms with van der Waals surface area (Å²) in [5, 5.41) is 20.4. The Kier molecular flexibility index (Phi) is 9.08. The van der Waals surface area contributed by atoms with E-state index in [-0.39, 0.29) is 42.5 Å². The Bertz CT molecular complexity index is 692. The molecule has 0 unspecified atom stereocenters. The molecule has 0 aromatic rings. The molecule has 5 nitrogen and oxygen atoms in total. The van der Waals surface area contributed by atoms with Crippen LogP contribution in [0, 0.1) is 29.1 Å². The predicted molar refractivity (Wildman–Crippen MR) is 122 cm³/mol. The molecular formula is C26H42O5. The number of ketones is 1. The van der Waals surface area contributed by atoms with E-state index in [2.05, 4.69) is 32.1 Å². The Hall–Kier alpha value is -1.46. The summed E-state index contributed by atoms with van der Waals surface area (Å²) >= 11 is 0. The lowest BCUT2D eigenvalue weighted by atomic mass is 9.65. The molecule has 2 N–H and O–H groups in total. The topological polar surface area (TPSA) is 83.8 Å². The monoisotopic (exact) mass is 434 g/mol. The summed E-state index contributed by atoms with van der Waals surface area (Å²) in [5.74, 6) is 0.830. The Labute approximate surface area is 187 Å². The van der Waals surface area contributed by atoms with Gasteiger partial charge in [-0.25, -0.2) is 0 Å². The first-order valence-electron chi connectivity index (χ1n) is 11.9. The molecule has 31 heavy (non-hydrogen) atoms. The minimum Gasteiger partial charge on any atom is -0.461 e. The standard InChI is InChI=1S/C26H42O5/c1-7-26(5,6)25(30)31-23-13-16(2)12-19-9-8-17(3)22(24(19)23)11-10-20(28)15-21(29)14-18(4)27/h8-9,12,16-17,20-24,28-29H,7,10-11,13-15H2,1-6H3/t16-,17-,20+,21-,22-,23-,24-/m0/s1. The summed E-state index contributed by atoms with van der Waals surface area (Å²) in [6.45, 7) is 11.7. The van der Waals surface area contributed by atoms with Crippen LogP contribution in [-0.4, -0.2) is 40.3 Å². The van der Waals surface area contributed by atoms with Gasteiger partial charge in [-0.2, -0.15) is 0 Å². The van der Waals surface area contributed by atoms with Gasteiger partial charge in [-0.1, -0.05) is 39.0 Å². The molecular weight excluding hydrogens is 392 g/mol.